The molecule has 5 nitrogen and oxygen atoms in total. The fourth-order valence-electron chi connectivity index (χ4n) is 4.57. The lowest BCUT2D eigenvalue weighted by molar-refractivity contribution is -0.0959. The molecule has 0 saturated heterocycles. The Morgan fingerprint density at radius 1 is 1.29 bits per heavy atom. The highest BCUT2D eigenvalue weighted by Crippen LogP contribution is 2.60. The van der Waals surface area contributed by atoms with Crippen molar-refractivity contribution in [3.05, 3.63) is 29.8 Å². The number of oxime groups is 1. The number of fused-ring (bicyclic) bond motifs is 1. The molecular formula is C19H28N2O3. The van der Waals surface area contributed by atoms with Crippen LogP contribution in [0, 0.1) is 11.3 Å². The molecule has 4 N–H and O–H groups in total. The summed E-state index contributed by atoms with van der Waals surface area (Å²) in [7, 11) is 0. The topological polar surface area (TPSA) is 88.1 Å². The Balaban J connectivity index is 1.72. The van der Waals surface area contributed by atoms with Crippen LogP contribution in [0.3, 0.4) is 0 Å². The lowest BCUT2D eigenvalue weighted by Gasteiger charge is -2.48. The molecule has 4 atom stereocenters. The molecule has 0 aliphatic heterocycles. The number of aromatic hydroxyl groups is 1. The monoisotopic (exact) mass is 332 g/mol. The van der Waals surface area contributed by atoms with Gasteiger partial charge in [-0.1, -0.05) is 24.2 Å². The summed E-state index contributed by atoms with van der Waals surface area (Å²) in [5.41, 5.74) is 5.78. The van der Waals surface area contributed by atoms with Crippen LogP contribution in [-0.2, 0) is 4.84 Å². The number of aliphatic hydroxyl groups is 1. The van der Waals surface area contributed by atoms with E-state index in [0.29, 0.717) is 19.1 Å². The number of hydrogen-bond donors (Lipinski definition) is 3. The van der Waals surface area contributed by atoms with Gasteiger partial charge in [-0.25, -0.2) is 0 Å². The molecule has 2 aliphatic rings. The number of nitrogens with zero attached hydrogens (tertiary/aromatic N) is 1. The van der Waals surface area contributed by atoms with Gasteiger partial charge in [-0.3, -0.25) is 0 Å². The van der Waals surface area contributed by atoms with E-state index in [-0.39, 0.29) is 17.1 Å². The molecule has 0 radical (unpaired) electrons. The molecule has 0 amide bonds. The van der Waals surface area contributed by atoms with Gasteiger partial charge in [-0.05, 0) is 55.7 Å². The molecular weight excluding hydrogens is 304 g/mol. The number of benzene rings is 1. The van der Waals surface area contributed by atoms with Crippen LogP contribution in [0.4, 0.5) is 0 Å². The van der Waals surface area contributed by atoms with E-state index < -0.39 is 5.60 Å². The van der Waals surface area contributed by atoms with Crippen LogP contribution in [0.2, 0.25) is 0 Å². The lowest BCUT2D eigenvalue weighted by Crippen LogP contribution is -2.49. The normalized spacial score (nSPS) is 36.0. The van der Waals surface area contributed by atoms with Crippen molar-refractivity contribution in [2.75, 3.05) is 13.2 Å². The zero-order valence-electron chi connectivity index (χ0n) is 14.3. The first kappa shape index (κ1) is 17.2. The van der Waals surface area contributed by atoms with Crippen molar-refractivity contribution in [1.82, 2.24) is 0 Å². The third kappa shape index (κ3) is 3.03. The van der Waals surface area contributed by atoms with E-state index in [4.69, 9.17) is 10.6 Å². The molecule has 0 heterocycles. The Bertz CT molecular complexity index is 589. The zero-order chi connectivity index (χ0) is 17.2. The van der Waals surface area contributed by atoms with E-state index in [9.17, 15) is 10.2 Å². The van der Waals surface area contributed by atoms with Crippen molar-refractivity contribution in [1.29, 1.82) is 0 Å². The maximum absolute atomic E-state index is 11.4. The zero-order valence-corrected chi connectivity index (χ0v) is 14.3. The Kier molecular flexibility index (Phi) is 4.83. The second-order valence-corrected chi connectivity index (χ2v) is 7.50. The molecule has 0 unspecified atom stereocenters. The van der Waals surface area contributed by atoms with Gasteiger partial charge in [0.15, 0.2) is 0 Å². The van der Waals surface area contributed by atoms with E-state index in [1.807, 2.05) is 18.3 Å². The number of nitrogens with two attached hydrogens (primary N) is 1. The Labute approximate surface area is 143 Å². The average Bonchev–Trinajstić information content (AvgIpc) is 2.83. The molecule has 2 aliphatic carbocycles. The number of hydrogen-bond acceptors (Lipinski definition) is 5. The molecule has 0 bridgehead atoms. The summed E-state index contributed by atoms with van der Waals surface area (Å²) in [5.74, 6) is 0.863. The van der Waals surface area contributed by atoms with Gasteiger partial charge in [0.2, 0.25) is 0 Å². The van der Waals surface area contributed by atoms with Gasteiger partial charge in [0.25, 0.3) is 0 Å². The number of rotatable bonds is 5. The van der Waals surface area contributed by atoms with Gasteiger partial charge in [0, 0.05) is 24.1 Å². The quantitative estimate of drug-likeness (QED) is 0.439. The summed E-state index contributed by atoms with van der Waals surface area (Å²) in [6.45, 7) is 3.07. The highest BCUT2D eigenvalue weighted by molar-refractivity contribution is 5.62. The van der Waals surface area contributed by atoms with Crippen molar-refractivity contribution in [3.8, 4) is 5.75 Å². The Morgan fingerprint density at radius 3 is 2.75 bits per heavy atom. The van der Waals surface area contributed by atoms with Crippen molar-refractivity contribution >= 4 is 6.21 Å². The van der Waals surface area contributed by atoms with E-state index in [1.165, 1.54) is 5.56 Å². The molecule has 1 aromatic rings. The lowest BCUT2D eigenvalue weighted by atomic mass is 9.59. The maximum atomic E-state index is 11.4. The summed E-state index contributed by atoms with van der Waals surface area (Å²) in [6, 6.07) is 7.40. The third-order valence-corrected chi connectivity index (χ3v) is 6.24. The van der Waals surface area contributed by atoms with Crippen LogP contribution in [0.25, 0.3) is 0 Å². The molecule has 132 valence electrons. The standard InChI is InChI=1S/C19H28N2O3/c1-18-8-6-15(14-2-4-17(22)5-3-14)12-19(18,23)9-7-16(18)13-21-24-11-10-20/h2-5,13,15-16,22-23H,6-12,20H2,1H3/b21-13+/t15-,16+,18+,19-/m0/s1. The van der Waals surface area contributed by atoms with E-state index in [0.717, 1.165) is 32.1 Å². The molecule has 5 heteroatoms. The predicted molar refractivity (Wildman–Crippen MR) is 94.0 cm³/mol. The molecule has 0 spiro atoms. The molecule has 1 aromatic carbocycles. The van der Waals surface area contributed by atoms with Gasteiger partial charge in [0.1, 0.15) is 12.4 Å². The third-order valence-electron chi connectivity index (χ3n) is 6.24. The van der Waals surface area contributed by atoms with Crippen LogP contribution in [0.1, 0.15) is 50.5 Å². The van der Waals surface area contributed by atoms with Crippen molar-refractivity contribution in [2.45, 2.75) is 50.5 Å². The van der Waals surface area contributed by atoms with Crippen molar-refractivity contribution in [2.24, 2.45) is 22.2 Å². The SMILES string of the molecule is C[C@]12CC[C@H](c3ccc(O)cc3)C[C@@]1(O)CC[C@@H]2/C=N/OCCN. The maximum Gasteiger partial charge on any atom is 0.129 e. The summed E-state index contributed by atoms with van der Waals surface area (Å²) < 4.78 is 0. The number of phenols is 1. The minimum atomic E-state index is -0.668. The summed E-state index contributed by atoms with van der Waals surface area (Å²) in [6.07, 6.45) is 6.37. The van der Waals surface area contributed by atoms with Crippen LogP contribution in [-0.4, -0.2) is 35.2 Å². The molecule has 2 saturated carbocycles. The molecule has 3 rings (SSSR count). The molecule has 0 aromatic heterocycles. The van der Waals surface area contributed by atoms with E-state index >= 15 is 0 Å². The van der Waals surface area contributed by atoms with Crippen LogP contribution in [0.5, 0.6) is 5.75 Å². The Morgan fingerprint density at radius 2 is 2.04 bits per heavy atom. The number of phenolic OH excluding ortho intramolecular Hbond substituents is 1. The highest BCUT2D eigenvalue weighted by Gasteiger charge is 2.58. The van der Waals surface area contributed by atoms with Crippen molar-refractivity contribution < 1.29 is 15.1 Å². The molecule has 24 heavy (non-hydrogen) atoms. The smallest absolute Gasteiger partial charge is 0.129 e. The summed E-state index contributed by atoms with van der Waals surface area (Å²) in [4.78, 5) is 5.14. The van der Waals surface area contributed by atoms with E-state index in [2.05, 4.69) is 12.1 Å². The molecule has 2 fully saturated rings. The summed E-state index contributed by atoms with van der Waals surface area (Å²) >= 11 is 0. The first-order valence-electron chi connectivity index (χ1n) is 8.85. The second kappa shape index (κ2) is 6.73. The largest absolute Gasteiger partial charge is 0.508 e. The van der Waals surface area contributed by atoms with Gasteiger partial charge in [-0.2, -0.15) is 0 Å². The van der Waals surface area contributed by atoms with Gasteiger partial charge >= 0.3 is 0 Å². The van der Waals surface area contributed by atoms with Crippen LogP contribution in [0.15, 0.2) is 29.4 Å². The van der Waals surface area contributed by atoms with Gasteiger partial charge < -0.3 is 20.8 Å². The predicted octanol–water partition coefficient (Wildman–Crippen LogP) is 2.77. The van der Waals surface area contributed by atoms with Crippen LogP contribution >= 0.6 is 0 Å². The van der Waals surface area contributed by atoms with Gasteiger partial charge in [-0.15, -0.1) is 0 Å². The Hall–Kier alpha value is -1.59. The fraction of sp³-hybridized carbons (Fsp3) is 0.632. The highest BCUT2D eigenvalue weighted by atomic mass is 16.6. The van der Waals surface area contributed by atoms with E-state index in [1.54, 1.807) is 12.1 Å². The summed E-state index contributed by atoms with van der Waals surface area (Å²) in [5, 5.41) is 24.9. The van der Waals surface area contributed by atoms with Crippen molar-refractivity contribution in [3.63, 3.8) is 0 Å². The van der Waals surface area contributed by atoms with Gasteiger partial charge in [0.05, 0.1) is 5.60 Å². The first-order chi connectivity index (χ1) is 11.5. The average molecular weight is 332 g/mol. The minimum absolute atomic E-state index is 0.157. The fourth-order valence-corrected chi connectivity index (χ4v) is 4.57. The van der Waals surface area contributed by atoms with Crippen LogP contribution < -0.4 is 5.73 Å². The first-order valence-corrected chi connectivity index (χ1v) is 8.85. The minimum Gasteiger partial charge on any atom is -0.508 e. The second-order valence-electron chi connectivity index (χ2n) is 7.50.